The molecule has 0 saturated heterocycles. The lowest BCUT2D eigenvalue weighted by atomic mass is 10.0. The second kappa shape index (κ2) is 6.19. The average Bonchev–Trinajstić information content (AvgIpc) is 2.27. The first kappa shape index (κ1) is 11.7. The molecule has 0 saturated carbocycles. The third-order valence-electron chi connectivity index (χ3n) is 2.18. The lowest BCUT2D eigenvalue weighted by Gasteiger charge is -2.08. The standard InChI is InChI=1S/C12H17NO2/c1-2-5-10-6-3-4-7-11(10)12(15)13-8-9-14/h3-4,6-7,14H,2,5,8-9H2,1H3,(H,13,15). The summed E-state index contributed by atoms with van der Waals surface area (Å²) in [5, 5.41) is 11.3. The summed E-state index contributed by atoms with van der Waals surface area (Å²) in [5.41, 5.74) is 1.78. The molecule has 0 fully saturated rings. The number of benzene rings is 1. The third kappa shape index (κ3) is 3.36. The Labute approximate surface area is 90.1 Å². The van der Waals surface area contributed by atoms with E-state index in [1.165, 1.54) is 0 Å². The first-order chi connectivity index (χ1) is 7.29. The van der Waals surface area contributed by atoms with Crippen molar-refractivity contribution in [2.24, 2.45) is 0 Å². The molecule has 3 nitrogen and oxygen atoms in total. The molecule has 3 heteroatoms. The fourth-order valence-electron chi connectivity index (χ4n) is 1.49. The minimum Gasteiger partial charge on any atom is -0.395 e. The predicted molar refractivity (Wildman–Crippen MR) is 59.9 cm³/mol. The minimum atomic E-state index is -0.104. The summed E-state index contributed by atoms with van der Waals surface area (Å²) in [6.07, 6.45) is 1.92. The lowest BCUT2D eigenvalue weighted by molar-refractivity contribution is 0.0944. The van der Waals surface area contributed by atoms with Gasteiger partial charge in [0.1, 0.15) is 0 Å². The number of aliphatic hydroxyl groups is 1. The van der Waals surface area contributed by atoms with Crippen LogP contribution in [-0.2, 0) is 6.42 Å². The van der Waals surface area contributed by atoms with Crippen molar-refractivity contribution in [3.05, 3.63) is 35.4 Å². The van der Waals surface area contributed by atoms with Gasteiger partial charge < -0.3 is 10.4 Å². The van der Waals surface area contributed by atoms with Crippen LogP contribution in [0.1, 0.15) is 29.3 Å². The second-order valence-corrected chi connectivity index (χ2v) is 3.39. The van der Waals surface area contributed by atoms with Crippen LogP contribution in [0, 0.1) is 0 Å². The van der Waals surface area contributed by atoms with Gasteiger partial charge in [0.05, 0.1) is 6.61 Å². The maximum atomic E-state index is 11.7. The summed E-state index contributed by atoms with van der Waals surface area (Å²) in [4.78, 5) is 11.7. The summed E-state index contributed by atoms with van der Waals surface area (Å²) in [5.74, 6) is -0.104. The molecule has 82 valence electrons. The van der Waals surface area contributed by atoms with Crippen LogP contribution in [0.5, 0.6) is 0 Å². The number of carbonyl (C=O) groups excluding carboxylic acids is 1. The van der Waals surface area contributed by atoms with Gasteiger partial charge >= 0.3 is 0 Å². The highest BCUT2D eigenvalue weighted by molar-refractivity contribution is 5.95. The zero-order chi connectivity index (χ0) is 11.1. The Kier molecular flexibility index (Phi) is 4.84. The molecule has 2 N–H and O–H groups in total. The van der Waals surface area contributed by atoms with Crippen molar-refractivity contribution in [3.63, 3.8) is 0 Å². The van der Waals surface area contributed by atoms with Crippen LogP contribution in [0.2, 0.25) is 0 Å². The highest BCUT2D eigenvalue weighted by Crippen LogP contribution is 2.10. The molecule has 0 aromatic heterocycles. The Hall–Kier alpha value is -1.35. The van der Waals surface area contributed by atoms with Gasteiger partial charge in [-0.3, -0.25) is 4.79 Å². The molecule has 0 aliphatic heterocycles. The molecule has 1 aromatic rings. The van der Waals surface area contributed by atoms with E-state index in [9.17, 15) is 4.79 Å². The number of hydrogen-bond acceptors (Lipinski definition) is 2. The molecule has 0 aliphatic rings. The molecule has 1 amide bonds. The number of amides is 1. The largest absolute Gasteiger partial charge is 0.395 e. The van der Waals surface area contributed by atoms with Crippen LogP contribution in [-0.4, -0.2) is 24.2 Å². The van der Waals surface area contributed by atoms with Gasteiger partial charge in [-0.25, -0.2) is 0 Å². The van der Waals surface area contributed by atoms with E-state index in [1.54, 1.807) is 0 Å². The molecule has 0 bridgehead atoms. The van der Waals surface area contributed by atoms with E-state index in [1.807, 2.05) is 24.3 Å². The van der Waals surface area contributed by atoms with Gasteiger partial charge in [-0.2, -0.15) is 0 Å². The molecule has 0 radical (unpaired) electrons. The number of aryl methyl sites for hydroxylation is 1. The van der Waals surface area contributed by atoms with Crippen molar-refractivity contribution in [3.8, 4) is 0 Å². The zero-order valence-corrected chi connectivity index (χ0v) is 8.99. The van der Waals surface area contributed by atoms with Gasteiger partial charge in [0.15, 0.2) is 0 Å². The highest BCUT2D eigenvalue weighted by Gasteiger charge is 2.08. The third-order valence-corrected chi connectivity index (χ3v) is 2.18. The summed E-state index contributed by atoms with van der Waals surface area (Å²) in [6.45, 7) is 2.36. The van der Waals surface area contributed by atoms with Crippen molar-refractivity contribution in [2.45, 2.75) is 19.8 Å². The molecule has 1 rings (SSSR count). The molecule has 0 spiro atoms. The molecule has 0 atom stereocenters. The van der Waals surface area contributed by atoms with Crippen molar-refractivity contribution in [1.29, 1.82) is 0 Å². The molecular weight excluding hydrogens is 190 g/mol. The number of rotatable bonds is 5. The van der Waals surface area contributed by atoms with E-state index in [-0.39, 0.29) is 12.5 Å². The number of hydrogen-bond donors (Lipinski definition) is 2. The summed E-state index contributed by atoms with van der Waals surface area (Å²) >= 11 is 0. The predicted octanol–water partition coefficient (Wildman–Crippen LogP) is 1.36. The maximum Gasteiger partial charge on any atom is 0.251 e. The maximum absolute atomic E-state index is 11.7. The highest BCUT2D eigenvalue weighted by atomic mass is 16.3. The molecular formula is C12H17NO2. The number of aliphatic hydroxyl groups excluding tert-OH is 1. The van der Waals surface area contributed by atoms with Crippen LogP contribution in [0.3, 0.4) is 0 Å². The van der Waals surface area contributed by atoms with Gasteiger partial charge in [-0.15, -0.1) is 0 Å². The lowest BCUT2D eigenvalue weighted by Crippen LogP contribution is -2.27. The van der Waals surface area contributed by atoms with E-state index in [4.69, 9.17) is 5.11 Å². The molecule has 0 unspecified atom stereocenters. The zero-order valence-electron chi connectivity index (χ0n) is 8.99. The topological polar surface area (TPSA) is 49.3 Å². The van der Waals surface area contributed by atoms with E-state index in [0.29, 0.717) is 12.1 Å². The Balaban J connectivity index is 2.77. The smallest absolute Gasteiger partial charge is 0.251 e. The number of carbonyl (C=O) groups is 1. The Morgan fingerprint density at radius 2 is 2.13 bits per heavy atom. The van der Waals surface area contributed by atoms with Gasteiger partial charge in [0.2, 0.25) is 0 Å². The molecule has 1 aromatic carbocycles. The molecule has 0 aliphatic carbocycles. The quantitative estimate of drug-likeness (QED) is 0.766. The Morgan fingerprint density at radius 3 is 2.80 bits per heavy atom. The summed E-state index contributed by atoms with van der Waals surface area (Å²) in [6, 6.07) is 7.58. The fraction of sp³-hybridized carbons (Fsp3) is 0.417. The first-order valence-electron chi connectivity index (χ1n) is 5.26. The van der Waals surface area contributed by atoms with Crippen molar-refractivity contribution < 1.29 is 9.90 Å². The summed E-state index contributed by atoms with van der Waals surface area (Å²) in [7, 11) is 0. The molecule has 15 heavy (non-hydrogen) atoms. The van der Waals surface area contributed by atoms with E-state index < -0.39 is 0 Å². The normalized spacial score (nSPS) is 10.0. The summed E-state index contributed by atoms with van der Waals surface area (Å²) < 4.78 is 0. The van der Waals surface area contributed by atoms with Gasteiger partial charge in [-0.1, -0.05) is 31.5 Å². The van der Waals surface area contributed by atoms with Crippen LogP contribution in [0.4, 0.5) is 0 Å². The van der Waals surface area contributed by atoms with Gasteiger partial charge in [0, 0.05) is 12.1 Å². The van der Waals surface area contributed by atoms with Crippen molar-refractivity contribution in [1.82, 2.24) is 5.32 Å². The SMILES string of the molecule is CCCc1ccccc1C(=O)NCCO. The van der Waals surface area contributed by atoms with Crippen LogP contribution < -0.4 is 5.32 Å². The average molecular weight is 207 g/mol. The Bertz CT molecular complexity index is 323. The van der Waals surface area contributed by atoms with Gasteiger partial charge in [-0.05, 0) is 18.1 Å². The van der Waals surface area contributed by atoms with Crippen LogP contribution in [0.25, 0.3) is 0 Å². The second-order valence-electron chi connectivity index (χ2n) is 3.39. The fourth-order valence-corrected chi connectivity index (χ4v) is 1.49. The van der Waals surface area contributed by atoms with Crippen LogP contribution >= 0.6 is 0 Å². The van der Waals surface area contributed by atoms with E-state index in [2.05, 4.69) is 12.2 Å². The van der Waals surface area contributed by atoms with Crippen molar-refractivity contribution >= 4 is 5.91 Å². The minimum absolute atomic E-state index is 0.0261. The number of nitrogens with one attached hydrogen (secondary N) is 1. The first-order valence-corrected chi connectivity index (χ1v) is 5.26. The van der Waals surface area contributed by atoms with Crippen LogP contribution in [0.15, 0.2) is 24.3 Å². The molecule has 0 heterocycles. The van der Waals surface area contributed by atoms with Crippen molar-refractivity contribution in [2.75, 3.05) is 13.2 Å². The van der Waals surface area contributed by atoms with E-state index in [0.717, 1.165) is 18.4 Å². The van der Waals surface area contributed by atoms with Gasteiger partial charge in [0.25, 0.3) is 5.91 Å². The Morgan fingerprint density at radius 1 is 1.40 bits per heavy atom. The monoisotopic (exact) mass is 207 g/mol. The van der Waals surface area contributed by atoms with E-state index >= 15 is 0 Å².